The largest absolute Gasteiger partial charge is 0.283 e. The number of carbonyl (C=O) groups excluding carboxylic acids is 1. The highest BCUT2D eigenvalue weighted by Gasteiger charge is 2.14. The number of nitrogens with zero attached hydrogens (tertiary/aromatic N) is 5. The molecule has 4 aromatic rings. The van der Waals surface area contributed by atoms with Crippen molar-refractivity contribution in [2.75, 3.05) is 0 Å². The summed E-state index contributed by atoms with van der Waals surface area (Å²) >= 11 is 0. The summed E-state index contributed by atoms with van der Waals surface area (Å²) < 4.78 is 1.50. The first-order valence-corrected chi connectivity index (χ1v) is 7.27. The zero-order valence-corrected chi connectivity index (χ0v) is 12.7. The number of aromatic nitrogens is 5. The number of nitrogens with one attached hydrogen (secondary N) is 1. The standard InChI is InChI=1S/C16H10N6O3/c23-16(10-1-4-13(5-2-10)22(24)25)21-8-7-11-9-12(3-6-14(11)21)15-17-19-20-18-15/h1-9H,(H,17,18,19,20). The predicted molar refractivity (Wildman–Crippen MR) is 87.9 cm³/mol. The molecular formula is C16H10N6O3. The molecule has 0 spiro atoms. The quantitative estimate of drug-likeness (QED) is 0.454. The Hall–Kier alpha value is -3.88. The second-order valence-corrected chi connectivity index (χ2v) is 5.30. The topological polar surface area (TPSA) is 120 Å². The van der Waals surface area contributed by atoms with E-state index in [4.69, 9.17) is 0 Å². The van der Waals surface area contributed by atoms with Crippen molar-refractivity contribution in [3.05, 3.63) is 70.4 Å². The van der Waals surface area contributed by atoms with Crippen LogP contribution in [0.5, 0.6) is 0 Å². The normalized spacial score (nSPS) is 10.9. The molecule has 2 aromatic heterocycles. The van der Waals surface area contributed by atoms with Gasteiger partial charge in [-0.25, -0.2) is 0 Å². The van der Waals surface area contributed by atoms with Crippen LogP contribution < -0.4 is 0 Å². The Morgan fingerprint density at radius 3 is 2.60 bits per heavy atom. The minimum atomic E-state index is -0.501. The van der Waals surface area contributed by atoms with E-state index in [0.29, 0.717) is 11.4 Å². The average Bonchev–Trinajstić information content (AvgIpc) is 3.30. The maximum absolute atomic E-state index is 12.7. The van der Waals surface area contributed by atoms with Crippen molar-refractivity contribution in [3.8, 4) is 11.4 Å². The van der Waals surface area contributed by atoms with Crippen molar-refractivity contribution in [1.29, 1.82) is 0 Å². The van der Waals surface area contributed by atoms with Gasteiger partial charge in [0.15, 0.2) is 0 Å². The molecule has 0 aliphatic rings. The third-order valence-corrected chi connectivity index (χ3v) is 3.84. The number of fused-ring (bicyclic) bond motifs is 1. The number of tetrazole rings is 1. The number of H-pyrrole nitrogens is 1. The molecule has 0 saturated heterocycles. The van der Waals surface area contributed by atoms with Gasteiger partial charge < -0.3 is 0 Å². The van der Waals surface area contributed by atoms with Gasteiger partial charge in [-0.1, -0.05) is 0 Å². The first kappa shape index (κ1) is 14.7. The van der Waals surface area contributed by atoms with Gasteiger partial charge in [0.2, 0.25) is 5.82 Å². The van der Waals surface area contributed by atoms with Crippen LogP contribution in [0.15, 0.2) is 54.7 Å². The minimum Gasteiger partial charge on any atom is -0.283 e. The van der Waals surface area contributed by atoms with Gasteiger partial charge in [0.05, 0.1) is 10.4 Å². The van der Waals surface area contributed by atoms with Gasteiger partial charge in [-0.2, -0.15) is 5.21 Å². The molecule has 0 fully saturated rings. The molecule has 0 aliphatic heterocycles. The van der Waals surface area contributed by atoms with Crippen molar-refractivity contribution >= 4 is 22.5 Å². The van der Waals surface area contributed by atoms with Crippen LogP contribution in [-0.4, -0.2) is 36.0 Å². The Morgan fingerprint density at radius 2 is 1.92 bits per heavy atom. The molecule has 2 aromatic carbocycles. The Labute approximate surface area is 140 Å². The van der Waals surface area contributed by atoms with E-state index in [0.717, 1.165) is 16.5 Å². The number of nitro groups is 1. The minimum absolute atomic E-state index is 0.0568. The van der Waals surface area contributed by atoms with Gasteiger partial charge in [0.25, 0.3) is 11.6 Å². The molecule has 0 radical (unpaired) electrons. The van der Waals surface area contributed by atoms with Crippen LogP contribution in [0.3, 0.4) is 0 Å². The molecule has 1 N–H and O–H groups in total. The number of aromatic amines is 1. The molecule has 0 bridgehead atoms. The first-order chi connectivity index (χ1) is 12.1. The summed E-state index contributed by atoms with van der Waals surface area (Å²) in [7, 11) is 0. The fourth-order valence-corrected chi connectivity index (χ4v) is 2.61. The lowest BCUT2D eigenvalue weighted by Crippen LogP contribution is -2.10. The van der Waals surface area contributed by atoms with Crippen LogP contribution in [0.4, 0.5) is 5.69 Å². The number of benzene rings is 2. The third kappa shape index (κ3) is 2.53. The van der Waals surface area contributed by atoms with Crippen LogP contribution >= 0.6 is 0 Å². The highest BCUT2D eigenvalue weighted by Crippen LogP contribution is 2.23. The van der Waals surface area contributed by atoms with Gasteiger partial charge in [0, 0.05) is 34.8 Å². The van der Waals surface area contributed by atoms with E-state index in [1.54, 1.807) is 18.3 Å². The van der Waals surface area contributed by atoms with E-state index in [1.165, 1.54) is 28.8 Å². The summed E-state index contributed by atoms with van der Waals surface area (Å²) in [5.74, 6) is 0.202. The highest BCUT2D eigenvalue weighted by molar-refractivity contribution is 6.02. The lowest BCUT2D eigenvalue weighted by molar-refractivity contribution is -0.384. The monoisotopic (exact) mass is 334 g/mol. The van der Waals surface area contributed by atoms with Crippen molar-refractivity contribution in [3.63, 3.8) is 0 Å². The molecule has 0 aliphatic carbocycles. The summed E-state index contributed by atoms with van der Waals surface area (Å²) in [4.78, 5) is 22.9. The third-order valence-electron chi connectivity index (χ3n) is 3.84. The average molecular weight is 334 g/mol. The Bertz CT molecular complexity index is 1080. The number of hydrogen-bond donors (Lipinski definition) is 1. The molecule has 25 heavy (non-hydrogen) atoms. The second-order valence-electron chi connectivity index (χ2n) is 5.30. The van der Waals surface area contributed by atoms with Gasteiger partial charge in [-0.05, 0) is 41.6 Å². The molecule has 0 saturated carbocycles. The van der Waals surface area contributed by atoms with Crippen LogP contribution in [0, 0.1) is 10.1 Å². The number of hydrogen-bond acceptors (Lipinski definition) is 6. The molecule has 9 heteroatoms. The molecule has 2 heterocycles. The lowest BCUT2D eigenvalue weighted by atomic mass is 10.1. The smallest absolute Gasteiger partial charge is 0.269 e. The Balaban J connectivity index is 1.71. The maximum Gasteiger partial charge on any atom is 0.269 e. The van der Waals surface area contributed by atoms with Gasteiger partial charge >= 0.3 is 0 Å². The maximum atomic E-state index is 12.7. The van der Waals surface area contributed by atoms with E-state index in [9.17, 15) is 14.9 Å². The number of nitro benzene ring substituents is 1. The van der Waals surface area contributed by atoms with Crippen molar-refractivity contribution in [2.45, 2.75) is 0 Å². The molecule has 0 atom stereocenters. The summed E-state index contributed by atoms with van der Waals surface area (Å²) in [6.45, 7) is 0. The van der Waals surface area contributed by atoms with Crippen LogP contribution in [0.25, 0.3) is 22.3 Å². The number of carbonyl (C=O) groups is 1. The van der Waals surface area contributed by atoms with Crippen molar-refractivity contribution in [1.82, 2.24) is 25.2 Å². The zero-order chi connectivity index (χ0) is 17.4. The highest BCUT2D eigenvalue weighted by atomic mass is 16.6. The molecule has 0 amide bonds. The van der Waals surface area contributed by atoms with Crippen molar-refractivity contribution < 1.29 is 9.72 Å². The summed E-state index contributed by atoms with van der Waals surface area (Å²) in [6.07, 6.45) is 1.66. The summed E-state index contributed by atoms with van der Waals surface area (Å²) in [6, 6.07) is 12.8. The number of rotatable bonds is 3. The summed E-state index contributed by atoms with van der Waals surface area (Å²) in [5, 5.41) is 25.3. The lowest BCUT2D eigenvalue weighted by Gasteiger charge is -2.05. The van der Waals surface area contributed by atoms with Gasteiger partial charge in [-0.15, -0.1) is 10.2 Å². The molecule has 0 unspecified atom stereocenters. The van der Waals surface area contributed by atoms with Crippen LogP contribution in [0.1, 0.15) is 10.4 Å². The van der Waals surface area contributed by atoms with E-state index < -0.39 is 4.92 Å². The van der Waals surface area contributed by atoms with E-state index in [2.05, 4.69) is 20.6 Å². The Kier molecular flexibility index (Phi) is 3.31. The molecular weight excluding hydrogens is 324 g/mol. The van der Waals surface area contributed by atoms with E-state index in [1.807, 2.05) is 12.1 Å². The predicted octanol–water partition coefficient (Wildman–Crippen LogP) is 2.42. The summed E-state index contributed by atoms with van der Waals surface area (Å²) in [5.41, 5.74) is 1.81. The van der Waals surface area contributed by atoms with E-state index >= 15 is 0 Å². The molecule has 9 nitrogen and oxygen atoms in total. The number of non-ortho nitro benzene ring substituents is 1. The van der Waals surface area contributed by atoms with Crippen LogP contribution in [0.2, 0.25) is 0 Å². The van der Waals surface area contributed by atoms with Gasteiger partial charge in [0.1, 0.15) is 0 Å². The fourth-order valence-electron chi connectivity index (χ4n) is 2.61. The molecule has 122 valence electrons. The van der Waals surface area contributed by atoms with E-state index in [-0.39, 0.29) is 11.6 Å². The molecule has 4 rings (SSSR count). The fraction of sp³-hybridized carbons (Fsp3) is 0. The second kappa shape index (κ2) is 5.64. The van der Waals surface area contributed by atoms with Crippen molar-refractivity contribution in [2.24, 2.45) is 0 Å². The van der Waals surface area contributed by atoms with Crippen LogP contribution in [-0.2, 0) is 0 Å². The Morgan fingerprint density at radius 1 is 1.12 bits per heavy atom. The zero-order valence-electron chi connectivity index (χ0n) is 12.7. The first-order valence-electron chi connectivity index (χ1n) is 7.27. The van der Waals surface area contributed by atoms with Gasteiger partial charge in [-0.3, -0.25) is 19.5 Å². The SMILES string of the molecule is O=C(c1ccc([N+](=O)[O-])cc1)n1ccc2cc(-c3nn[nH]n3)ccc21.